The van der Waals surface area contributed by atoms with Crippen molar-refractivity contribution in [3.8, 4) is 0 Å². The van der Waals surface area contributed by atoms with Crippen LogP contribution in [-0.4, -0.2) is 27.4 Å². The molecule has 2 atom stereocenters. The number of aliphatic hydroxyl groups excluding tert-OH is 1. The molecule has 0 radical (unpaired) electrons. The summed E-state index contributed by atoms with van der Waals surface area (Å²) >= 11 is 3.16. The van der Waals surface area contributed by atoms with E-state index in [-0.39, 0.29) is 12.7 Å². The summed E-state index contributed by atoms with van der Waals surface area (Å²) in [6.45, 7) is -0.101. The maximum atomic E-state index is 11.8. The van der Waals surface area contributed by atoms with Crippen LogP contribution in [0.2, 0.25) is 0 Å². The molecule has 2 heterocycles. The maximum Gasteiger partial charge on any atom is 0.330 e. The lowest BCUT2D eigenvalue weighted by molar-refractivity contribution is -0.0793. The average molecular weight is 317 g/mol. The van der Waals surface area contributed by atoms with Crippen LogP contribution in [0.3, 0.4) is 0 Å². The molecular formula is C11H13BrN2O4. The largest absolute Gasteiger partial charge is 0.394 e. The summed E-state index contributed by atoms with van der Waals surface area (Å²) in [6, 6.07) is 1.26. The Labute approximate surface area is 111 Å². The predicted molar refractivity (Wildman–Crippen MR) is 68.6 cm³/mol. The molecule has 1 aromatic heterocycles. The minimum Gasteiger partial charge on any atom is -0.394 e. The fourth-order valence-electron chi connectivity index (χ4n) is 2.10. The van der Waals surface area contributed by atoms with Gasteiger partial charge in [0.15, 0.2) is 5.72 Å². The zero-order valence-electron chi connectivity index (χ0n) is 9.51. The van der Waals surface area contributed by atoms with Crippen molar-refractivity contribution in [1.82, 2.24) is 9.55 Å². The Hall–Kier alpha value is -1.18. The van der Waals surface area contributed by atoms with Gasteiger partial charge in [-0.1, -0.05) is 15.9 Å². The Bertz CT molecular complexity index is 565. The van der Waals surface area contributed by atoms with Crippen molar-refractivity contribution in [2.45, 2.75) is 24.7 Å². The lowest BCUT2D eigenvalue weighted by Crippen LogP contribution is -2.42. The molecule has 1 aliphatic rings. The molecule has 7 heteroatoms. The fraction of sp³-hybridized carbons (Fsp3) is 0.455. The van der Waals surface area contributed by atoms with Gasteiger partial charge < -0.3 is 9.84 Å². The smallest absolute Gasteiger partial charge is 0.330 e. The van der Waals surface area contributed by atoms with Crippen molar-refractivity contribution in [1.29, 1.82) is 0 Å². The zero-order chi connectivity index (χ0) is 13.2. The summed E-state index contributed by atoms with van der Waals surface area (Å²) < 4.78 is 7.04. The molecule has 1 fully saturated rings. The summed E-state index contributed by atoms with van der Waals surface area (Å²) in [7, 11) is 0. The summed E-state index contributed by atoms with van der Waals surface area (Å²) in [5.74, 6) is 0. The molecule has 1 aliphatic heterocycles. The van der Waals surface area contributed by atoms with E-state index in [2.05, 4.69) is 20.9 Å². The van der Waals surface area contributed by atoms with Crippen LogP contribution in [0.1, 0.15) is 12.8 Å². The Morgan fingerprint density at radius 1 is 1.67 bits per heavy atom. The van der Waals surface area contributed by atoms with Gasteiger partial charge >= 0.3 is 5.69 Å². The maximum absolute atomic E-state index is 11.8. The first-order chi connectivity index (χ1) is 8.61. The number of H-pyrrole nitrogens is 1. The standard InChI is InChI=1S/C11H13BrN2O4/c12-5-4-11(3-1-8(7-15)18-11)14-6-2-9(16)13-10(14)17/h2,4-6,8,15H,1,3,7H2,(H,13,16,17). The lowest BCUT2D eigenvalue weighted by Gasteiger charge is -2.27. The van der Waals surface area contributed by atoms with Gasteiger partial charge in [-0.15, -0.1) is 0 Å². The number of aromatic amines is 1. The molecule has 0 aromatic carbocycles. The van der Waals surface area contributed by atoms with Gasteiger partial charge in [0.2, 0.25) is 0 Å². The third-order valence-electron chi connectivity index (χ3n) is 2.95. The van der Waals surface area contributed by atoms with Crippen molar-refractivity contribution in [3.05, 3.63) is 44.2 Å². The second-order valence-electron chi connectivity index (χ2n) is 4.08. The zero-order valence-corrected chi connectivity index (χ0v) is 11.1. The first kappa shape index (κ1) is 13.3. The highest BCUT2D eigenvalue weighted by molar-refractivity contribution is 9.11. The van der Waals surface area contributed by atoms with Gasteiger partial charge in [-0.05, 0) is 17.5 Å². The lowest BCUT2D eigenvalue weighted by atomic mass is 10.1. The number of halogens is 1. The van der Waals surface area contributed by atoms with Crippen LogP contribution in [-0.2, 0) is 10.5 Å². The molecule has 98 valence electrons. The molecule has 0 amide bonds. The first-order valence-electron chi connectivity index (χ1n) is 5.50. The number of hydrogen-bond acceptors (Lipinski definition) is 4. The monoisotopic (exact) mass is 316 g/mol. The van der Waals surface area contributed by atoms with E-state index in [1.165, 1.54) is 16.8 Å². The second kappa shape index (κ2) is 5.21. The van der Waals surface area contributed by atoms with Crippen LogP contribution in [0.5, 0.6) is 0 Å². The van der Waals surface area contributed by atoms with Gasteiger partial charge in [0.1, 0.15) is 0 Å². The van der Waals surface area contributed by atoms with Crippen LogP contribution in [0, 0.1) is 0 Å². The molecule has 0 spiro atoms. The SMILES string of the molecule is O=c1ccn(C2(C=CBr)CCC(CO)O2)c(=O)[nH]1. The fourth-order valence-corrected chi connectivity index (χ4v) is 2.51. The van der Waals surface area contributed by atoms with E-state index in [0.29, 0.717) is 12.8 Å². The number of aromatic nitrogens is 2. The molecule has 2 N–H and O–H groups in total. The number of nitrogens with zero attached hydrogens (tertiary/aromatic N) is 1. The molecule has 18 heavy (non-hydrogen) atoms. The number of aliphatic hydroxyl groups is 1. The van der Waals surface area contributed by atoms with Gasteiger partial charge in [-0.3, -0.25) is 14.3 Å². The van der Waals surface area contributed by atoms with Crippen molar-refractivity contribution in [2.75, 3.05) is 6.61 Å². The molecule has 6 nitrogen and oxygen atoms in total. The molecule has 2 unspecified atom stereocenters. The van der Waals surface area contributed by atoms with E-state index in [0.717, 1.165) is 0 Å². The van der Waals surface area contributed by atoms with Gasteiger partial charge in [0.25, 0.3) is 5.56 Å². The highest BCUT2D eigenvalue weighted by Gasteiger charge is 2.40. The van der Waals surface area contributed by atoms with Gasteiger partial charge in [0, 0.05) is 18.7 Å². The van der Waals surface area contributed by atoms with Crippen LogP contribution in [0.15, 0.2) is 32.9 Å². The summed E-state index contributed by atoms with van der Waals surface area (Å²) in [4.78, 5) is 26.7. The molecule has 1 saturated heterocycles. The predicted octanol–water partition coefficient (Wildman–Crippen LogP) is 0.269. The van der Waals surface area contributed by atoms with Crippen molar-refractivity contribution >= 4 is 15.9 Å². The first-order valence-corrected chi connectivity index (χ1v) is 6.42. The highest BCUT2D eigenvalue weighted by Crippen LogP contribution is 2.35. The van der Waals surface area contributed by atoms with Crippen LogP contribution in [0.4, 0.5) is 0 Å². The van der Waals surface area contributed by atoms with Gasteiger partial charge in [-0.2, -0.15) is 0 Å². The molecule has 0 saturated carbocycles. The van der Waals surface area contributed by atoms with E-state index < -0.39 is 17.0 Å². The Kier molecular flexibility index (Phi) is 3.84. The van der Waals surface area contributed by atoms with E-state index in [9.17, 15) is 9.59 Å². The Morgan fingerprint density at radius 2 is 2.44 bits per heavy atom. The molecule has 0 aliphatic carbocycles. The Morgan fingerprint density at radius 3 is 3.00 bits per heavy atom. The molecule has 0 bridgehead atoms. The highest BCUT2D eigenvalue weighted by atomic mass is 79.9. The van der Waals surface area contributed by atoms with E-state index in [1.54, 1.807) is 11.1 Å². The normalized spacial score (nSPS) is 28.0. The minimum absolute atomic E-state index is 0.101. The minimum atomic E-state index is -0.960. The molecule has 1 aromatic rings. The van der Waals surface area contributed by atoms with Crippen molar-refractivity contribution < 1.29 is 9.84 Å². The van der Waals surface area contributed by atoms with E-state index >= 15 is 0 Å². The number of nitrogens with one attached hydrogen (secondary N) is 1. The number of hydrogen-bond donors (Lipinski definition) is 2. The number of ether oxygens (including phenoxy) is 1. The van der Waals surface area contributed by atoms with E-state index in [1.807, 2.05) is 0 Å². The van der Waals surface area contributed by atoms with Crippen LogP contribution >= 0.6 is 15.9 Å². The second-order valence-corrected chi connectivity index (χ2v) is 4.61. The molecule has 2 rings (SSSR count). The van der Waals surface area contributed by atoms with Crippen molar-refractivity contribution in [2.24, 2.45) is 0 Å². The quantitative estimate of drug-likeness (QED) is 0.838. The van der Waals surface area contributed by atoms with Crippen LogP contribution < -0.4 is 11.2 Å². The topological polar surface area (TPSA) is 84.3 Å². The average Bonchev–Trinajstić information content (AvgIpc) is 2.74. The van der Waals surface area contributed by atoms with Gasteiger partial charge in [-0.25, -0.2) is 4.79 Å². The Balaban J connectivity index is 2.49. The van der Waals surface area contributed by atoms with Crippen molar-refractivity contribution in [3.63, 3.8) is 0 Å². The third kappa shape index (κ3) is 2.33. The summed E-state index contributed by atoms with van der Waals surface area (Å²) in [6.07, 6.45) is 3.95. The summed E-state index contributed by atoms with van der Waals surface area (Å²) in [5, 5.41) is 9.12. The summed E-state index contributed by atoms with van der Waals surface area (Å²) in [5.41, 5.74) is -1.95. The van der Waals surface area contributed by atoms with Gasteiger partial charge in [0.05, 0.1) is 12.7 Å². The van der Waals surface area contributed by atoms with Crippen LogP contribution in [0.25, 0.3) is 0 Å². The molecular weight excluding hydrogens is 304 g/mol. The van der Waals surface area contributed by atoms with E-state index in [4.69, 9.17) is 9.84 Å². The third-order valence-corrected chi connectivity index (χ3v) is 3.22. The number of rotatable bonds is 3.